The SMILES string of the molecule is N#Cc1cnc2c(N[C@@H](c3cccc(CN4CC(F)(F)C4)c3)c3cn[nH]n3)cc(Cl)cc2c1Nc1ccc(Cl)c(Cl)c1F. The third-order valence-electron chi connectivity index (χ3n) is 6.98. The zero-order chi connectivity index (χ0) is 30.3. The van der Waals surface area contributed by atoms with Crippen LogP contribution >= 0.6 is 34.8 Å². The molecule has 8 nitrogen and oxygen atoms in total. The molecular weight excluding hydrogens is 624 g/mol. The van der Waals surface area contributed by atoms with Gasteiger partial charge in [-0.15, -0.1) is 0 Å². The molecule has 0 spiro atoms. The molecule has 5 aromatic rings. The van der Waals surface area contributed by atoms with E-state index in [1.807, 2.05) is 24.3 Å². The highest BCUT2D eigenvalue weighted by atomic mass is 35.5. The van der Waals surface area contributed by atoms with Crippen molar-refractivity contribution in [3.63, 3.8) is 0 Å². The van der Waals surface area contributed by atoms with Gasteiger partial charge >= 0.3 is 0 Å². The predicted octanol–water partition coefficient (Wildman–Crippen LogP) is 7.72. The first kappa shape index (κ1) is 29.0. The molecule has 3 N–H and O–H groups in total. The number of benzene rings is 3. The van der Waals surface area contributed by atoms with Gasteiger partial charge in [0.1, 0.15) is 11.8 Å². The highest BCUT2D eigenvalue weighted by molar-refractivity contribution is 6.42. The summed E-state index contributed by atoms with van der Waals surface area (Å²) in [6.07, 6.45) is 2.93. The van der Waals surface area contributed by atoms with Crippen molar-refractivity contribution < 1.29 is 13.2 Å². The minimum atomic E-state index is -2.66. The molecule has 3 aromatic carbocycles. The largest absolute Gasteiger partial charge is 0.371 e. The number of hydrogen-bond donors (Lipinski definition) is 3. The van der Waals surface area contributed by atoms with Gasteiger partial charge in [-0.25, -0.2) is 13.2 Å². The van der Waals surface area contributed by atoms with Crippen LogP contribution in [0.1, 0.15) is 28.4 Å². The summed E-state index contributed by atoms with van der Waals surface area (Å²) in [4.78, 5) is 6.19. The van der Waals surface area contributed by atoms with E-state index in [0.717, 1.165) is 11.1 Å². The normalized spacial score (nSPS) is 15.1. The van der Waals surface area contributed by atoms with E-state index in [-0.39, 0.29) is 40.1 Å². The highest BCUT2D eigenvalue weighted by Gasteiger charge is 2.43. The van der Waals surface area contributed by atoms with Gasteiger partial charge in [0.15, 0.2) is 5.82 Å². The lowest BCUT2D eigenvalue weighted by atomic mass is 9.99. The first-order valence-electron chi connectivity index (χ1n) is 12.9. The average Bonchev–Trinajstić information content (AvgIpc) is 3.50. The molecule has 1 aliphatic rings. The lowest BCUT2D eigenvalue weighted by molar-refractivity contribution is -0.133. The number of halogens is 6. The third kappa shape index (κ3) is 5.92. The summed E-state index contributed by atoms with van der Waals surface area (Å²) in [5.41, 5.74) is 3.52. The van der Waals surface area contributed by atoms with Crippen LogP contribution in [0.5, 0.6) is 0 Å². The number of alkyl halides is 2. The molecule has 6 rings (SSSR count). The van der Waals surface area contributed by atoms with Gasteiger partial charge in [-0.2, -0.15) is 20.7 Å². The Morgan fingerprint density at radius 1 is 1.07 bits per heavy atom. The maximum absolute atomic E-state index is 15.0. The van der Waals surface area contributed by atoms with E-state index in [2.05, 4.69) is 37.1 Å². The molecule has 3 heterocycles. The van der Waals surface area contributed by atoms with Crippen LogP contribution < -0.4 is 10.6 Å². The summed E-state index contributed by atoms with van der Waals surface area (Å²) in [5, 5.41) is 27.6. The maximum atomic E-state index is 15.0. The number of fused-ring (bicyclic) bond motifs is 1. The summed E-state index contributed by atoms with van der Waals surface area (Å²) in [6, 6.07) is 15.2. The number of aromatic amines is 1. The molecule has 14 heteroatoms. The van der Waals surface area contributed by atoms with E-state index < -0.39 is 17.8 Å². The Morgan fingerprint density at radius 3 is 2.60 bits per heavy atom. The number of nitrogens with zero attached hydrogens (tertiary/aromatic N) is 5. The Bertz CT molecular complexity index is 1870. The van der Waals surface area contributed by atoms with Gasteiger partial charge in [0.25, 0.3) is 5.92 Å². The molecule has 0 aliphatic carbocycles. The van der Waals surface area contributed by atoms with Crippen molar-refractivity contribution in [1.29, 1.82) is 5.26 Å². The smallest absolute Gasteiger partial charge is 0.272 e. The van der Waals surface area contributed by atoms with Crippen LogP contribution in [0.25, 0.3) is 10.9 Å². The molecule has 0 saturated carbocycles. The minimum Gasteiger partial charge on any atom is -0.371 e. The first-order chi connectivity index (χ1) is 20.6. The van der Waals surface area contributed by atoms with E-state index in [1.54, 1.807) is 23.2 Å². The van der Waals surface area contributed by atoms with Crippen LogP contribution in [0.15, 0.2) is 60.9 Å². The number of pyridine rings is 1. The lowest BCUT2D eigenvalue weighted by Crippen LogP contribution is -2.55. The summed E-state index contributed by atoms with van der Waals surface area (Å²) in [7, 11) is 0. The van der Waals surface area contributed by atoms with Crippen LogP contribution in [0, 0.1) is 17.1 Å². The summed E-state index contributed by atoms with van der Waals surface area (Å²) >= 11 is 18.5. The summed E-state index contributed by atoms with van der Waals surface area (Å²) < 4.78 is 41.8. The van der Waals surface area contributed by atoms with Crippen LogP contribution in [0.2, 0.25) is 15.1 Å². The number of hydrogen-bond acceptors (Lipinski definition) is 7. The van der Waals surface area contributed by atoms with Gasteiger partial charge in [0.05, 0.1) is 63.5 Å². The quantitative estimate of drug-likeness (QED) is 0.149. The van der Waals surface area contributed by atoms with Gasteiger partial charge in [-0.05, 0) is 35.4 Å². The fourth-order valence-corrected chi connectivity index (χ4v) is 5.57. The van der Waals surface area contributed by atoms with Gasteiger partial charge < -0.3 is 10.6 Å². The van der Waals surface area contributed by atoms with Crippen molar-refractivity contribution >= 4 is 62.8 Å². The number of nitrogens with one attached hydrogen (secondary N) is 3. The fourth-order valence-electron chi connectivity index (χ4n) is 5.04. The molecule has 0 amide bonds. The molecule has 218 valence electrons. The zero-order valence-corrected chi connectivity index (χ0v) is 24.2. The standard InChI is InChI=1S/C29H20Cl3F3N8/c30-18-7-19-26(39-21-5-4-20(31)24(32)25(21)33)17(9-36)10-37-28(19)22(8-18)40-27(23-11-38-42-41-23)16-3-1-2-15(6-16)12-43-13-29(34,35)14-43/h1-8,10-11,27,40H,12-14H2,(H,37,39)(H,38,41,42)/t27-/m0/s1. The molecular formula is C29H20Cl3F3N8. The number of likely N-dealkylation sites (tertiary alicyclic amines) is 1. The average molecular weight is 644 g/mol. The Morgan fingerprint density at radius 2 is 1.88 bits per heavy atom. The number of H-pyrrole nitrogens is 1. The van der Waals surface area contributed by atoms with E-state index in [4.69, 9.17) is 34.8 Å². The molecule has 1 fully saturated rings. The monoisotopic (exact) mass is 642 g/mol. The Labute approximate surface area is 258 Å². The first-order valence-corrected chi connectivity index (χ1v) is 14.0. The lowest BCUT2D eigenvalue weighted by Gasteiger charge is -2.38. The van der Waals surface area contributed by atoms with Gasteiger partial charge in [0, 0.05) is 23.2 Å². The summed E-state index contributed by atoms with van der Waals surface area (Å²) in [5.74, 6) is -3.44. The zero-order valence-electron chi connectivity index (χ0n) is 22.0. The second-order valence-corrected chi connectivity index (χ2v) is 11.3. The molecule has 2 aromatic heterocycles. The molecule has 0 bridgehead atoms. The Hall–Kier alpha value is -4.08. The van der Waals surface area contributed by atoms with Crippen molar-refractivity contribution in [2.75, 3.05) is 23.7 Å². The number of nitriles is 1. The topological polar surface area (TPSA) is 106 Å². The van der Waals surface area contributed by atoms with Crippen molar-refractivity contribution in [3.8, 4) is 6.07 Å². The molecule has 1 saturated heterocycles. The van der Waals surface area contributed by atoms with Gasteiger partial charge in [0.2, 0.25) is 0 Å². The maximum Gasteiger partial charge on any atom is 0.272 e. The summed E-state index contributed by atoms with van der Waals surface area (Å²) in [6.45, 7) is -0.195. The fraction of sp³-hybridized carbons (Fsp3) is 0.172. The number of anilines is 3. The van der Waals surface area contributed by atoms with E-state index in [9.17, 15) is 18.4 Å². The van der Waals surface area contributed by atoms with Gasteiger partial charge in [-0.3, -0.25) is 9.88 Å². The van der Waals surface area contributed by atoms with Gasteiger partial charge in [-0.1, -0.05) is 59.1 Å². The van der Waals surface area contributed by atoms with Crippen LogP contribution in [-0.4, -0.2) is 44.3 Å². The Balaban J connectivity index is 1.40. The molecule has 0 radical (unpaired) electrons. The third-order valence-corrected chi connectivity index (χ3v) is 7.98. The number of aromatic nitrogens is 4. The van der Waals surface area contributed by atoms with E-state index >= 15 is 0 Å². The van der Waals surface area contributed by atoms with Crippen LogP contribution in [-0.2, 0) is 6.54 Å². The highest BCUT2D eigenvalue weighted by Crippen LogP contribution is 2.39. The van der Waals surface area contributed by atoms with Crippen LogP contribution in [0.3, 0.4) is 0 Å². The molecule has 0 unspecified atom stereocenters. The predicted molar refractivity (Wildman–Crippen MR) is 160 cm³/mol. The minimum absolute atomic E-state index is 0.00476. The van der Waals surface area contributed by atoms with Crippen molar-refractivity contribution in [2.45, 2.75) is 18.5 Å². The molecule has 1 aliphatic heterocycles. The second kappa shape index (κ2) is 11.5. The van der Waals surface area contributed by atoms with Crippen LogP contribution in [0.4, 0.5) is 30.2 Å². The number of rotatable bonds is 8. The second-order valence-electron chi connectivity index (χ2n) is 10.1. The van der Waals surface area contributed by atoms with E-state index in [1.165, 1.54) is 18.3 Å². The Kier molecular flexibility index (Phi) is 7.79. The molecule has 1 atom stereocenters. The van der Waals surface area contributed by atoms with Crippen molar-refractivity contribution in [1.82, 2.24) is 25.3 Å². The van der Waals surface area contributed by atoms with Crippen molar-refractivity contribution in [3.05, 3.63) is 104 Å². The van der Waals surface area contributed by atoms with E-state index in [0.29, 0.717) is 33.9 Å². The van der Waals surface area contributed by atoms with Crippen molar-refractivity contribution in [2.24, 2.45) is 0 Å². The molecule has 43 heavy (non-hydrogen) atoms.